The van der Waals surface area contributed by atoms with Gasteiger partial charge in [0.1, 0.15) is 0 Å². The van der Waals surface area contributed by atoms with Crippen LogP contribution in [0.15, 0.2) is 36.4 Å². The van der Waals surface area contributed by atoms with Gasteiger partial charge in [-0.05, 0) is 42.8 Å². The fourth-order valence-corrected chi connectivity index (χ4v) is 2.77. The summed E-state index contributed by atoms with van der Waals surface area (Å²) in [6.07, 6.45) is 5.32. The van der Waals surface area contributed by atoms with E-state index in [0.29, 0.717) is 17.9 Å². The lowest BCUT2D eigenvalue weighted by Gasteiger charge is -2.09. The maximum Gasteiger partial charge on any atom is 0.338 e. The second-order valence-corrected chi connectivity index (χ2v) is 6.73. The van der Waals surface area contributed by atoms with E-state index in [1.165, 1.54) is 30.7 Å². The first-order valence-electron chi connectivity index (χ1n) is 9.15. The Hall–Kier alpha value is -2.47. The van der Waals surface area contributed by atoms with Gasteiger partial charge in [0.15, 0.2) is 11.6 Å². The number of carbonyl (C=O) groups is 2. The molecule has 1 amide bonds. The van der Waals surface area contributed by atoms with Crippen molar-refractivity contribution in [1.82, 2.24) is 0 Å². The molecule has 7 heteroatoms. The highest BCUT2D eigenvalue weighted by Crippen LogP contribution is 2.21. The maximum atomic E-state index is 13.3. The van der Waals surface area contributed by atoms with Gasteiger partial charge in [-0.3, -0.25) is 4.79 Å². The van der Waals surface area contributed by atoms with Gasteiger partial charge in [-0.2, -0.15) is 0 Å². The second-order valence-electron chi connectivity index (χ2n) is 6.33. The molecule has 0 saturated carbocycles. The smallest absolute Gasteiger partial charge is 0.338 e. The van der Waals surface area contributed by atoms with E-state index in [-0.39, 0.29) is 10.6 Å². The number of anilines is 1. The van der Waals surface area contributed by atoms with Crippen LogP contribution in [0.2, 0.25) is 5.02 Å². The number of nitrogens with one attached hydrogen (secondary N) is 1. The summed E-state index contributed by atoms with van der Waals surface area (Å²) >= 11 is 5.79. The number of hydrogen-bond donors (Lipinski definition) is 1. The Bertz CT molecular complexity index is 825. The third kappa shape index (κ3) is 6.30. The normalized spacial score (nSPS) is 10.6. The fraction of sp³-hybridized carbons (Fsp3) is 0.333. The summed E-state index contributed by atoms with van der Waals surface area (Å²) in [6.45, 7) is 2.51. The highest BCUT2D eigenvalue weighted by atomic mass is 35.5. The second kappa shape index (κ2) is 10.8. The monoisotopic (exact) mass is 409 g/mol. The average Bonchev–Trinajstić information content (AvgIpc) is 2.67. The lowest BCUT2D eigenvalue weighted by Crippen LogP contribution is -2.13. The van der Waals surface area contributed by atoms with Gasteiger partial charge in [-0.25, -0.2) is 13.6 Å². The minimum absolute atomic E-state index is 0.188. The summed E-state index contributed by atoms with van der Waals surface area (Å²) in [5.41, 5.74) is 0.548. The molecular formula is C21H22ClF2NO3. The molecule has 0 radical (unpaired) electrons. The van der Waals surface area contributed by atoms with Gasteiger partial charge in [0.2, 0.25) is 0 Å². The van der Waals surface area contributed by atoms with E-state index in [1.54, 1.807) is 0 Å². The molecule has 0 unspecified atom stereocenters. The van der Waals surface area contributed by atoms with Crippen LogP contribution in [0.1, 0.15) is 59.7 Å². The number of esters is 1. The van der Waals surface area contributed by atoms with E-state index in [2.05, 4.69) is 12.2 Å². The van der Waals surface area contributed by atoms with Crippen LogP contribution in [0, 0.1) is 11.6 Å². The largest absolute Gasteiger partial charge is 0.462 e. The summed E-state index contributed by atoms with van der Waals surface area (Å²) in [6, 6.07) is 7.54. The predicted molar refractivity (Wildman–Crippen MR) is 105 cm³/mol. The quantitative estimate of drug-likeness (QED) is 0.314. The van der Waals surface area contributed by atoms with E-state index in [4.69, 9.17) is 16.3 Å². The van der Waals surface area contributed by atoms with Crippen molar-refractivity contribution >= 4 is 29.2 Å². The van der Waals surface area contributed by atoms with E-state index >= 15 is 0 Å². The minimum atomic E-state index is -1.16. The molecule has 2 aromatic carbocycles. The molecule has 0 aliphatic heterocycles. The van der Waals surface area contributed by atoms with Crippen molar-refractivity contribution in [2.24, 2.45) is 0 Å². The van der Waals surface area contributed by atoms with Gasteiger partial charge in [0.05, 0.1) is 22.8 Å². The summed E-state index contributed by atoms with van der Waals surface area (Å²) in [4.78, 5) is 24.2. The average molecular weight is 410 g/mol. The lowest BCUT2D eigenvalue weighted by atomic mass is 10.1. The first kappa shape index (κ1) is 21.8. The third-order valence-electron chi connectivity index (χ3n) is 4.11. The molecule has 2 aromatic rings. The number of unbranched alkanes of at least 4 members (excludes halogenated alkanes) is 4. The van der Waals surface area contributed by atoms with Gasteiger partial charge >= 0.3 is 5.97 Å². The predicted octanol–water partition coefficient (Wildman–Crippen LogP) is 6.00. The van der Waals surface area contributed by atoms with Crippen LogP contribution >= 0.6 is 11.6 Å². The van der Waals surface area contributed by atoms with Crippen molar-refractivity contribution in [3.8, 4) is 0 Å². The number of halogens is 3. The zero-order valence-electron chi connectivity index (χ0n) is 15.6. The molecule has 1 N–H and O–H groups in total. The van der Waals surface area contributed by atoms with Crippen LogP contribution in [-0.4, -0.2) is 18.5 Å². The number of carbonyl (C=O) groups excluding carboxylic acids is 2. The van der Waals surface area contributed by atoms with E-state index < -0.39 is 23.5 Å². The molecule has 0 bridgehead atoms. The Morgan fingerprint density at radius 3 is 2.32 bits per heavy atom. The number of hydrogen-bond acceptors (Lipinski definition) is 3. The molecule has 4 nitrogen and oxygen atoms in total. The van der Waals surface area contributed by atoms with Crippen molar-refractivity contribution in [1.29, 1.82) is 0 Å². The first-order valence-corrected chi connectivity index (χ1v) is 9.53. The van der Waals surface area contributed by atoms with Gasteiger partial charge in [-0.1, -0.05) is 44.2 Å². The van der Waals surface area contributed by atoms with Gasteiger partial charge in [0, 0.05) is 5.69 Å². The summed E-state index contributed by atoms with van der Waals surface area (Å²) in [5, 5.41) is 2.32. The molecule has 0 atom stereocenters. The molecule has 0 aromatic heterocycles. The highest BCUT2D eigenvalue weighted by molar-refractivity contribution is 6.34. The molecule has 28 heavy (non-hydrogen) atoms. The van der Waals surface area contributed by atoms with E-state index in [1.807, 2.05) is 0 Å². The van der Waals surface area contributed by atoms with Crippen LogP contribution in [0.4, 0.5) is 14.5 Å². The van der Waals surface area contributed by atoms with Crippen LogP contribution in [-0.2, 0) is 4.74 Å². The van der Waals surface area contributed by atoms with Gasteiger partial charge in [-0.15, -0.1) is 0 Å². The Labute approximate surface area is 167 Å². The third-order valence-corrected chi connectivity index (χ3v) is 4.43. The highest BCUT2D eigenvalue weighted by Gasteiger charge is 2.15. The first-order chi connectivity index (χ1) is 13.4. The standard InChI is InChI=1S/C21H22ClF2NO3/c1-2-3-4-5-6-11-28-21(27)14-7-9-15(10-8-14)25-20(26)16-12-18(23)19(24)13-17(16)22/h7-10,12-13H,2-6,11H2,1H3,(H,25,26). The molecular weight excluding hydrogens is 388 g/mol. The zero-order chi connectivity index (χ0) is 20.5. The van der Waals surface area contributed by atoms with Crippen molar-refractivity contribution in [3.63, 3.8) is 0 Å². The van der Waals surface area contributed by atoms with Crippen LogP contribution in [0.3, 0.4) is 0 Å². The van der Waals surface area contributed by atoms with E-state index in [9.17, 15) is 18.4 Å². The molecule has 0 aliphatic carbocycles. The molecule has 0 spiro atoms. The van der Waals surface area contributed by atoms with Crippen molar-refractivity contribution in [2.45, 2.75) is 39.0 Å². The Balaban J connectivity index is 1.89. The Kier molecular flexibility index (Phi) is 8.39. The fourth-order valence-electron chi connectivity index (χ4n) is 2.54. The van der Waals surface area contributed by atoms with Gasteiger partial charge in [0.25, 0.3) is 5.91 Å². The van der Waals surface area contributed by atoms with Gasteiger partial charge < -0.3 is 10.1 Å². The number of amides is 1. The summed E-state index contributed by atoms with van der Waals surface area (Å²) < 4.78 is 31.6. The lowest BCUT2D eigenvalue weighted by molar-refractivity contribution is 0.0497. The molecule has 0 fully saturated rings. The molecule has 0 heterocycles. The van der Waals surface area contributed by atoms with E-state index in [0.717, 1.165) is 37.8 Å². The van der Waals surface area contributed by atoms with Crippen molar-refractivity contribution in [3.05, 3.63) is 64.2 Å². The zero-order valence-corrected chi connectivity index (χ0v) is 16.3. The molecule has 0 aliphatic rings. The number of ether oxygens (including phenoxy) is 1. The van der Waals surface area contributed by atoms with Crippen molar-refractivity contribution in [2.75, 3.05) is 11.9 Å². The van der Waals surface area contributed by atoms with Crippen LogP contribution in [0.5, 0.6) is 0 Å². The number of rotatable bonds is 9. The SMILES string of the molecule is CCCCCCCOC(=O)c1ccc(NC(=O)c2cc(F)c(F)cc2Cl)cc1. The summed E-state index contributed by atoms with van der Waals surface area (Å²) in [7, 11) is 0. The van der Waals surface area contributed by atoms with Crippen LogP contribution in [0.25, 0.3) is 0 Å². The topological polar surface area (TPSA) is 55.4 Å². The Morgan fingerprint density at radius 1 is 1.00 bits per heavy atom. The number of benzene rings is 2. The van der Waals surface area contributed by atoms with Crippen LogP contribution < -0.4 is 5.32 Å². The Morgan fingerprint density at radius 2 is 1.64 bits per heavy atom. The molecule has 150 valence electrons. The molecule has 2 rings (SSSR count). The maximum absolute atomic E-state index is 13.3. The summed E-state index contributed by atoms with van der Waals surface area (Å²) in [5.74, 6) is -3.42. The van der Waals surface area contributed by atoms with Crippen molar-refractivity contribution < 1.29 is 23.1 Å². The molecule has 0 saturated heterocycles. The minimum Gasteiger partial charge on any atom is -0.462 e.